The lowest BCUT2D eigenvalue weighted by Gasteiger charge is -2.34. The summed E-state index contributed by atoms with van der Waals surface area (Å²) in [6.45, 7) is 4.34. The van der Waals surface area contributed by atoms with Crippen LogP contribution < -0.4 is 15.5 Å². The molecule has 0 bridgehead atoms. The van der Waals surface area contributed by atoms with Gasteiger partial charge in [-0.1, -0.05) is 24.9 Å². The fraction of sp³-hybridized carbons (Fsp3) is 0.562. The summed E-state index contributed by atoms with van der Waals surface area (Å²) < 4.78 is 0. The highest BCUT2D eigenvalue weighted by molar-refractivity contribution is 6.33. The molecule has 2 aliphatic heterocycles. The van der Waals surface area contributed by atoms with E-state index in [1.807, 2.05) is 12.1 Å². The highest BCUT2D eigenvalue weighted by atomic mass is 35.5. The number of piperidine rings is 1. The molecule has 2 N–H and O–H groups in total. The molecule has 0 aromatic heterocycles. The summed E-state index contributed by atoms with van der Waals surface area (Å²) in [5.74, 6) is 0.827. The second-order valence-corrected chi connectivity index (χ2v) is 6.35. The number of hydrogen-bond acceptors (Lipinski definition) is 3. The van der Waals surface area contributed by atoms with Crippen molar-refractivity contribution in [1.29, 1.82) is 0 Å². The molecular formula is C16H22ClN3O. The van der Waals surface area contributed by atoms with E-state index in [4.69, 9.17) is 11.6 Å². The first-order valence-electron chi connectivity index (χ1n) is 7.70. The van der Waals surface area contributed by atoms with E-state index >= 15 is 0 Å². The van der Waals surface area contributed by atoms with Crippen molar-refractivity contribution < 1.29 is 4.79 Å². The van der Waals surface area contributed by atoms with Crippen LogP contribution in [0.4, 0.5) is 11.4 Å². The third-order valence-electron chi connectivity index (χ3n) is 4.77. The van der Waals surface area contributed by atoms with E-state index in [2.05, 4.69) is 22.5 Å². The Balaban J connectivity index is 1.86. The van der Waals surface area contributed by atoms with Crippen molar-refractivity contribution in [1.82, 2.24) is 5.32 Å². The van der Waals surface area contributed by atoms with Gasteiger partial charge in [-0.15, -0.1) is 0 Å². The number of carbonyl (C=O) groups excluding carboxylic acids is 1. The first kappa shape index (κ1) is 14.7. The number of fused-ring (bicyclic) bond motifs is 1. The van der Waals surface area contributed by atoms with Gasteiger partial charge in [0, 0.05) is 24.3 Å². The van der Waals surface area contributed by atoms with Crippen LogP contribution in [0, 0.1) is 5.92 Å². The number of hydrogen-bond donors (Lipinski definition) is 2. The standard InChI is InChI=1S/C16H22ClN3O/c1-3-10-4-6-20(7-5-10)14-9-13-11(8-12(14)17)15(18-2)16(21)19-13/h8-10,15,18H,3-7H2,1-2H3,(H,19,21). The van der Waals surface area contributed by atoms with Crippen LogP contribution in [-0.4, -0.2) is 26.0 Å². The maximum atomic E-state index is 11.9. The van der Waals surface area contributed by atoms with Gasteiger partial charge in [-0.05, 0) is 37.9 Å². The van der Waals surface area contributed by atoms with Gasteiger partial charge in [-0.25, -0.2) is 0 Å². The van der Waals surface area contributed by atoms with E-state index < -0.39 is 0 Å². The topological polar surface area (TPSA) is 44.4 Å². The largest absolute Gasteiger partial charge is 0.370 e. The van der Waals surface area contributed by atoms with Crippen molar-refractivity contribution in [2.75, 3.05) is 30.4 Å². The third kappa shape index (κ3) is 2.62. The lowest BCUT2D eigenvalue weighted by atomic mass is 9.94. The van der Waals surface area contributed by atoms with Crippen molar-refractivity contribution in [3.63, 3.8) is 0 Å². The Morgan fingerprint density at radius 2 is 2.10 bits per heavy atom. The van der Waals surface area contributed by atoms with E-state index in [9.17, 15) is 4.79 Å². The number of nitrogens with one attached hydrogen (secondary N) is 2. The number of anilines is 2. The molecule has 5 heteroatoms. The van der Waals surface area contributed by atoms with Crippen LogP contribution in [0.5, 0.6) is 0 Å². The molecular weight excluding hydrogens is 286 g/mol. The van der Waals surface area contributed by atoms with Gasteiger partial charge in [0.05, 0.1) is 10.7 Å². The number of carbonyl (C=O) groups is 1. The van der Waals surface area contributed by atoms with Crippen molar-refractivity contribution in [2.45, 2.75) is 32.2 Å². The van der Waals surface area contributed by atoms with Gasteiger partial charge >= 0.3 is 0 Å². The third-order valence-corrected chi connectivity index (χ3v) is 5.07. The Morgan fingerprint density at radius 3 is 2.71 bits per heavy atom. The van der Waals surface area contributed by atoms with Crippen molar-refractivity contribution in [3.8, 4) is 0 Å². The summed E-state index contributed by atoms with van der Waals surface area (Å²) in [6.07, 6.45) is 3.69. The molecule has 4 nitrogen and oxygen atoms in total. The molecule has 0 saturated carbocycles. The summed E-state index contributed by atoms with van der Waals surface area (Å²) >= 11 is 6.47. The van der Waals surface area contributed by atoms with E-state index in [0.717, 1.165) is 41.0 Å². The predicted octanol–water partition coefficient (Wildman–Crippen LogP) is 3.18. The maximum absolute atomic E-state index is 11.9. The molecule has 1 atom stereocenters. The number of halogens is 1. The quantitative estimate of drug-likeness (QED) is 0.901. The lowest BCUT2D eigenvalue weighted by molar-refractivity contribution is -0.117. The van der Waals surface area contributed by atoms with Gasteiger partial charge < -0.3 is 15.5 Å². The number of amides is 1. The summed E-state index contributed by atoms with van der Waals surface area (Å²) in [5, 5.41) is 6.70. The zero-order chi connectivity index (χ0) is 15.0. The van der Waals surface area contributed by atoms with Crippen molar-refractivity contribution in [3.05, 3.63) is 22.7 Å². The molecule has 0 spiro atoms. The van der Waals surface area contributed by atoms with Crippen LogP contribution in [0.25, 0.3) is 0 Å². The molecule has 1 saturated heterocycles. The molecule has 21 heavy (non-hydrogen) atoms. The lowest BCUT2D eigenvalue weighted by Crippen LogP contribution is -2.33. The van der Waals surface area contributed by atoms with Gasteiger partial charge in [0.2, 0.25) is 5.91 Å². The minimum Gasteiger partial charge on any atom is -0.370 e. The van der Waals surface area contributed by atoms with Gasteiger partial charge in [-0.2, -0.15) is 0 Å². The SMILES string of the molecule is CCC1CCN(c2cc3c(cc2Cl)C(NC)C(=O)N3)CC1. The van der Waals surface area contributed by atoms with Crippen LogP contribution in [0.15, 0.2) is 12.1 Å². The van der Waals surface area contributed by atoms with Crippen LogP contribution in [0.1, 0.15) is 37.8 Å². The molecule has 1 unspecified atom stereocenters. The first-order chi connectivity index (χ1) is 10.1. The smallest absolute Gasteiger partial charge is 0.246 e. The number of likely N-dealkylation sites (N-methyl/N-ethyl adjacent to an activating group) is 1. The Bertz CT molecular complexity index is 553. The summed E-state index contributed by atoms with van der Waals surface area (Å²) in [4.78, 5) is 14.3. The zero-order valence-corrected chi connectivity index (χ0v) is 13.3. The van der Waals surface area contributed by atoms with E-state index in [-0.39, 0.29) is 11.9 Å². The minimum atomic E-state index is -0.294. The van der Waals surface area contributed by atoms with E-state index in [1.165, 1.54) is 19.3 Å². The summed E-state index contributed by atoms with van der Waals surface area (Å²) in [6, 6.07) is 3.66. The van der Waals surface area contributed by atoms with Gasteiger partial charge in [0.25, 0.3) is 0 Å². The second-order valence-electron chi connectivity index (χ2n) is 5.94. The Hall–Kier alpha value is -1.26. The molecule has 0 aliphatic carbocycles. The molecule has 1 amide bonds. The molecule has 1 fully saturated rings. The Morgan fingerprint density at radius 1 is 1.38 bits per heavy atom. The monoisotopic (exact) mass is 307 g/mol. The van der Waals surface area contributed by atoms with Crippen LogP contribution in [-0.2, 0) is 4.79 Å². The number of nitrogens with zero attached hydrogens (tertiary/aromatic N) is 1. The predicted molar refractivity (Wildman–Crippen MR) is 87.1 cm³/mol. The van der Waals surface area contributed by atoms with Gasteiger partial charge in [0.15, 0.2) is 0 Å². The summed E-state index contributed by atoms with van der Waals surface area (Å²) in [7, 11) is 1.79. The average molecular weight is 308 g/mol. The maximum Gasteiger partial charge on any atom is 0.246 e. The highest BCUT2D eigenvalue weighted by Gasteiger charge is 2.31. The van der Waals surface area contributed by atoms with Crippen LogP contribution in [0.2, 0.25) is 5.02 Å². The average Bonchev–Trinajstić information content (AvgIpc) is 2.81. The Kier molecular flexibility index (Phi) is 4.09. The fourth-order valence-corrected chi connectivity index (χ4v) is 3.67. The number of rotatable bonds is 3. The Labute approximate surface area is 130 Å². The zero-order valence-electron chi connectivity index (χ0n) is 12.6. The normalized spacial score (nSPS) is 22.3. The first-order valence-corrected chi connectivity index (χ1v) is 8.08. The molecule has 2 heterocycles. The molecule has 2 aliphatic rings. The van der Waals surface area contributed by atoms with E-state index in [0.29, 0.717) is 0 Å². The van der Waals surface area contributed by atoms with Gasteiger partial charge in [0.1, 0.15) is 6.04 Å². The molecule has 0 radical (unpaired) electrons. The summed E-state index contributed by atoms with van der Waals surface area (Å²) in [5.41, 5.74) is 2.87. The molecule has 3 rings (SSSR count). The van der Waals surface area contributed by atoms with Crippen LogP contribution in [0.3, 0.4) is 0 Å². The number of benzene rings is 1. The van der Waals surface area contributed by atoms with Crippen molar-refractivity contribution >= 4 is 28.9 Å². The minimum absolute atomic E-state index is 0.00888. The second kappa shape index (κ2) is 5.85. The molecule has 1 aromatic carbocycles. The van der Waals surface area contributed by atoms with Crippen LogP contribution >= 0.6 is 11.6 Å². The van der Waals surface area contributed by atoms with Crippen molar-refractivity contribution in [2.24, 2.45) is 5.92 Å². The molecule has 114 valence electrons. The molecule has 1 aromatic rings. The van der Waals surface area contributed by atoms with Gasteiger partial charge in [-0.3, -0.25) is 4.79 Å². The van der Waals surface area contributed by atoms with E-state index in [1.54, 1.807) is 7.05 Å². The fourth-order valence-electron chi connectivity index (χ4n) is 3.38. The highest BCUT2D eigenvalue weighted by Crippen LogP contribution is 2.39.